The third-order valence-corrected chi connectivity index (χ3v) is 5.01. The van der Waals surface area contributed by atoms with Gasteiger partial charge in [0.05, 0.1) is 11.1 Å². The van der Waals surface area contributed by atoms with Gasteiger partial charge in [-0.2, -0.15) is 18.2 Å². The Kier molecular flexibility index (Phi) is 5.94. The highest BCUT2D eigenvalue weighted by atomic mass is 19.4. The number of hydrogen-bond acceptors (Lipinski definition) is 5. The standard InChI is InChI=1S/C23H15F6N3O2/c1-11-2-4-13(21-31-22(34-32-21)14-8-18(26)20(33)9-17(14)25)7-19(11)30-10-12-3-5-16(24)15(6-12)23(27,28)29/h2-9,30,33H,10H2,1H3. The third kappa shape index (κ3) is 4.68. The van der Waals surface area contributed by atoms with E-state index in [4.69, 9.17) is 4.52 Å². The molecular formula is C23H15F6N3O2. The fourth-order valence-corrected chi connectivity index (χ4v) is 3.20. The van der Waals surface area contributed by atoms with Crippen LogP contribution in [0.25, 0.3) is 22.8 Å². The number of nitrogens with zero attached hydrogens (tertiary/aromatic N) is 2. The number of phenolic OH excluding ortho intramolecular Hbond substituents is 1. The highest BCUT2D eigenvalue weighted by Gasteiger charge is 2.34. The molecule has 1 aromatic heterocycles. The maximum atomic E-state index is 14.1. The molecule has 0 amide bonds. The van der Waals surface area contributed by atoms with Gasteiger partial charge in [-0.15, -0.1) is 0 Å². The minimum atomic E-state index is -4.81. The van der Waals surface area contributed by atoms with Gasteiger partial charge in [-0.3, -0.25) is 0 Å². The zero-order valence-corrected chi connectivity index (χ0v) is 17.3. The molecule has 0 spiro atoms. The van der Waals surface area contributed by atoms with Gasteiger partial charge in [0.1, 0.15) is 11.6 Å². The normalized spacial score (nSPS) is 11.6. The second-order valence-electron chi connectivity index (χ2n) is 7.40. The number of anilines is 1. The number of aryl methyl sites for hydroxylation is 1. The monoisotopic (exact) mass is 479 g/mol. The maximum absolute atomic E-state index is 14.1. The molecule has 0 bridgehead atoms. The lowest BCUT2D eigenvalue weighted by Gasteiger charge is -2.13. The molecule has 0 saturated carbocycles. The van der Waals surface area contributed by atoms with Crippen molar-refractivity contribution in [1.82, 2.24) is 10.1 Å². The number of nitrogens with one attached hydrogen (secondary N) is 1. The summed E-state index contributed by atoms with van der Waals surface area (Å²) in [5.74, 6) is -4.50. The SMILES string of the molecule is Cc1ccc(-c2noc(-c3cc(F)c(O)cc3F)n2)cc1NCc1ccc(F)c(C(F)(F)F)c1. The Morgan fingerprint density at radius 1 is 0.941 bits per heavy atom. The predicted octanol–water partition coefficient (Wildman–Crippen LogP) is 6.47. The van der Waals surface area contributed by atoms with E-state index >= 15 is 0 Å². The summed E-state index contributed by atoms with van der Waals surface area (Å²) < 4.78 is 85.1. The first-order chi connectivity index (χ1) is 16.0. The van der Waals surface area contributed by atoms with Crippen LogP contribution < -0.4 is 5.32 Å². The number of aromatic hydroxyl groups is 1. The van der Waals surface area contributed by atoms with Crippen LogP contribution in [0.15, 0.2) is 53.1 Å². The molecule has 34 heavy (non-hydrogen) atoms. The van der Waals surface area contributed by atoms with Crippen LogP contribution in [0.3, 0.4) is 0 Å². The van der Waals surface area contributed by atoms with Gasteiger partial charge >= 0.3 is 6.18 Å². The maximum Gasteiger partial charge on any atom is 0.419 e. The fourth-order valence-electron chi connectivity index (χ4n) is 3.20. The minimum absolute atomic E-state index is 0.0247. The lowest BCUT2D eigenvalue weighted by molar-refractivity contribution is -0.140. The molecule has 176 valence electrons. The van der Waals surface area contributed by atoms with Crippen LogP contribution in [-0.4, -0.2) is 15.2 Å². The van der Waals surface area contributed by atoms with E-state index in [1.807, 2.05) is 0 Å². The highest BCUT2D eigenvalue weighted by molar-refractivity contribution is 5.67. The van der Waals surface area contributed by atoms with Gasteiger partial charge in [0.15, 0.2) is 11.6 Å². The molecule has 1 heterocycles. The van der Waals surface area contributed by atoms with Crippen molar-refractivity contribution in [3.63, 3.8) is 0 Å². The lowest BCUT2D eigenvalue weighted by Crippen LogP contribution is -2.10. The second-order valence-corrected chi connectivity index (χ2v) is 7.40. The van der Waals surface area contributed by atoms with Crippen molar-refractivity contribution in [3.05, 3.63) is 82.7 Å². The molecule has 0 aliphatic rings. The van der Waals surface area contributed by atoms with Gasteiger partial charge < -0.3 is 14.9 Å². The van der Waals surface area contributed by atoms with E-state index in [9.17, 15) is 31.4 Å². The first-order valence-electron chi connectivity index (χ1n) is 9.75. The van der Waals surface area contributed by atoms with Gasteiger partial charge in [0.25, 0.3) is 5.89 Å². The third-order valence-electron chi connectivity index (χ3n) is 5.01. The Morgan fingerprint density at radius 3 is 2.44 bits per heavy atom. The molecule has 4 aromatic rings. The number of benzene rings is 3. The largest absolute Gasteiger partial charge is 0.505 e. The zero-order valence-electron chi connectivity index (χ0n) is 17.3. The van der Waals surface area contributed by atoms with E-state index in [0.717, 1.165) is 23.8 Å². The van der Waals surface area contributed by atoms with Gasteiger partial charge in [-0.25, -0.2) is 13.2 Å². The topological polar surface area (TPSA) is 71.2 Å². The highest BCUT2D eigenvalue weighted by Crippen LogP contribution is 2.33. The van der Waals surface area contributed by atoms with Crippen molar-refractivity contribution < 1.29 is 36.0 Å². The number of aromatic nitrogens is 2. The summed E-state index contributed by atoms with van der Waals surface area (Å²) in [4.78, 5) is 4.06. The van der Waals surface area contributed by atoms with Crippen LogP contribution in [0.5, 0.6) is 5.75 Å². The van der Waals surface area contributed by atoms with Crippen LogP contribution in [0, 0.1) is 24.4 Å². The van der Waals surface area contributed by atoms with Crippen LogP contribution in [0.2, 0.25) is 0 Å². The summed E-state index contributed by atoms with van der Waals surface area (Å²) in [5, 5.41) is 16.0. The first-order valence-corrected chi connectivity index (χ1v) is 9.75. The van der Waals surface area contributed by atoms with E-state index in [1.165, 1.54) is 6.07 Å². The number of hydrogen-bond donors (Lipinski definition) is 2. The minimum Gasteiger partial charge on any atom is -0.505 e. The summed E-state index contributed by atoms with van der Waals surface area (Å²) in [5.41, 5.74) is 0.231. The van der Waals surface area contributed by atoms with Crippen molar-refractivity contribution in [3.8, 4) is 28.6 Å². The van der Waals surface area contributed by atoms with Crippen LogP contribution in [0.4, 0.5) is 32.0 Å². The number of alkyl halides is 3. The summed E-state index contributed by atoms with van der Waals surface area (Å²) in [6, 6.07) is 8.99. The molecule has 0 aliphatic carbocycles. The van der Waals surface area contributed by atoms with Crippen molar-refractivity contribution in [2.45, 2.75) is 19.6 Å². The molecule has 11 heteroatoms. The van der Waals surface area contributed by atoms with Crippen molar-refractivity contribution in [2.24, 2.45) is 0 Å². The Bertz CT molecular complexity index is 1370. The number of halogens is 6. The lowest BCUT2D eigenvalue weighted by atomic mass is 10.1. The summed E-state index contributed by atoms with van der Waals surface area (Å²) in [6.45, 7) is 1.73. The molecule has 2 N–H and O–H groups in total. The molecule has 0 fully saturated rings. The first kappa shape index (κ1) is 23.1. The van der Waals surface area contributed by atoms with E-state index in [0.29, 0.717) is 17.3 Å². The summed E-state index contributed by atoms with van der Waals surface area (Å²) in [6.07, 6.45) is -4.81. The smallest absolute Gasteiger partial charge is 0.419 e. The Labute approximate surface area is 188 Å². The molecule has 5 nitrogen and oxygen atoms in total. The van der Waals surface area contributed by atoms with Gasteiger partial charge in [-0.05, 0) is 42.3 Å². The van der Waals surface area contributed by atoms with E-state index in [1.54, 1.807) is 25.1 Å². The van der Waals surface area contributed by atoms with Crippen LogP contribution in [-0.2, 0) is 12.7 Å². The Balaban J connectivity index is 1.58. The van der Waals surface area contributed by atoms with Gasteiger partial charge in [0.2, 0.25) is 5.82 Å². The van der Waals surface area contributed by atoms with Crippen molar-refractivity contribution in [2.75, 3.05) is 5.32 Å². The van der Waals surface area contributed by atoms with E-state index in [-0.39, 0.29) is 29.4 Å². The van der Waals surface area contributed by atoms with Gasteiger partial charge in [-0.1, -0.05) is 23.4 Å². The molecule has 0 aliphatic heterocycles. The average molecular weight is 479 g/mol. The molecular weight excluding hydrogens is 464 g/mol. The van der Waals surface area contributed by atoms with Crippen LogP contribution >= 0.6 is 0 Å². The summed E-state index contributed by atoms with van der Waals surface area (Å²) >= 11 is 0. The average Bonchev–Trinajstić information content (AvgIpc) is 3.26. The molecule has 4 rings (SSSR count). The quantitative estimate of drug-likeness (QED) is 0.321. The van der Waals surface area contributed by atoms with E-state index < -0.39 is 34.9 Å². The molecule has 0 radical (unpaired) electrons. The van der Waals surface area contributed by atoms with E-state index in [2.05, 4.69) is 15.5 Å². The Morgan fingerprint density at radius 2 is 1.71 bits per heavy atom. The van der Waals surface area contributed by atoms with Crippen molar-refractivity contribution in [1.29, 1.82) is 0 Å². The zero-order chi connectivity index (χ0) is 24.6. The Hall–Kier alpha value is -4.02. The molecule has 0 saturated heterocycles. The fraction of sp³-hybridized carbons (Fsp3) is 0.130. The molecule has 0 unspecified atom stereocenters. The molecule has 0 atom stereocenters. The summed E-state index contributed by atoms with van der Waals surface area (Å²) in [7, 11) is 0. The van der Waals surface area contributed by atoms with Crippen molar-refractivity contribution >= 4 is 5.69 Å². The number of rotatable bonds is 5. The molecule has 3 aromatic carbocycles. The van der Waals surface area contributed by atoms with Gasteiger partial charge in [0, 0.05) is 23.9 Å². The predicted molar refractivity (Wildman–Crippen MR) is 110 cm³/mol. The number of phenols is 1. The van der Waals surface area contributed by atoms with Crippen LogP contribution in [0.1, 0.15) is 16.7 Å². The second kappa shape index (κ2) is 8.73.